The zero-order valence-corrected chi connectivity index (χ0v) is 16.1. The summed E-state index contributed by atoms with van der Waals surface area (Å²) in [6.07, 6.45) is 0.620. The molecule has 0 saturated heterocycles. The molecule has 0 aromatic heterocycles. The molecule has 0 saturated carbocycles. The summed E-state index contributed by atoms with van der Waals surface area (Å²) in [6, 6.07) is 12.7. The van der Waals surface area contributed by atoms with Crippen LogP contribution < -0.4 is 15.5 Å². The molecule has 1 unspecified atom stereocenters. The smallest absolute Gasteiger partial charge is 0.279 e. The van der Waals surface area contributed by atoms with E-state index in [-0.39, 0.29) is 30.2 Å². The second-order valence-corrected chi connectivity index (χ2v) is 6.90. The first-order valence-electron chi connectivity index (χ1n) is 8.75. The summed E-state index contributed by atoms with van der Waals surface area (Å²) >= 11 is 5.82. The molecule has 5 nitrogen and oxygen atoms in total. The van der Waals surface area contributed by atoms with Gasteiger partial charge in [-0.1, -0.05) is 23.7 Å². The van der Waals surface area contributed by atoms with Gasteiger partial charge in [0.1, 0.15) is 5.82 Å². The fourth-order valence-corrected chi connectivity index (χ4v) is 2.63. The third-order valence-electron chi connectivity index (χ3n) is 4.33. The number of quaternary nitrogens is 1. The molecule has 2 atom stereocenters. The van der Waals surface area contributed by atoms with E-state index in [9.17, 15) is 14.0 Å². The van der Waals surface area contributed by atoms with Gasteiger partial charge in [0.15, 0.2) is 12.6 Å². The molecule has 0 aliphatic rings. The number of amides is 2. The second kappa shape index (κ2) is 10.0. The minimum Gasteiger partial charge on any atom is -0.351 e. The van der Waals surface area contributed by atoms with Crippen molar-refractivity contribution in [2.24, 2.45) is 0 Å². The largest absolute Gasteiger partial charge is 0.351 e. The predicted octanol–water partition coefficient (Wildman–Crippen LogP) is 1.68. The Morgan fingerprint density at radius 1 is 1.11 bits per heavy atom. The molecule has 27 heavy (non-hydrogen) atoms. The van der Waals surface area contributed by atoms with E-state index in [4.69, 9.17) is 11.6 Å². The maximum Gasteiger partial charge on any atom is 0.279 e. The Bertz CT molecular complexity index is 766. The van der Waals surface area contributed by atoms with Gasteiger partial charge in [-0.3, -0.25) is 9.59 Å². The maximum atomic E-state index is 12.9. The molecule has 0 heterocycles. The first-order chi connectivity index (χ1) is 12.8. The molecule has 2 rings (SSSR count). The van der Waals surface area contributed by atoms with Crippen molar-refractivity contribution < 1.29 is 18.9 Å². The standard InChI is InChI=1S/C20H23ClFN3O2/c1-14(20(27)23-12-11-15-3-7-17(22)8-4-15)25(2)13-19(26)24-18-9-5-16(21)6-10-18/h3-10,14H,11-13H2,1-2H3,(H,23,27)(H,24,26)/p+1/t14-/m0/s1. The van der Waals surface area contributed by atoms with Crippen molar-refractivity contribution in [3.63, 3.8) is 0 Å². The molecule has 0 fully saturated rings. The topological polar surface area (TPSA) is 62.6 Å². The van der Waals surface area contributed by atoms with Gasteiger partial charge in [-0.15, -0.1) is 0 Å². The van der Waals surface area contributed by atoms with Crippen molar-refractivity contribution in [1.29, 1.82) is 0 Å². The first kappa shape index (κ1) is 20.9. The molecule has 3 N–H and O–H groups in total. The van der Waals surface area contributed by atoms with E-state index in [1.54, 1.807) is 50.4 Å². The Kier molecular flexibility index (Phi) is 7.76. The van der Waals surface area contributed by atoms with Crippen molar-refractivity contribution in [1.82, 2.24) is 5.32 Å². The highest BCUT2D eigenvalue weighted by Crippen LogP contribution is 2.12. The summed E-state index contributed by atoms with van der Waals surface area (Å²) in [5, 5.41) is 6.24. The minimum absolute atomic E-state index is 0.131. The van der Waals surface area contributed by atoms with E-state index in [1.807, 2.05) is 0 Å². The van der Waals surface area contributed by atoms with Crippen LogP contribution in [-0.2, 0) is 16.0 Å². The van der Waals surface area contributed by atoms with Gasteiger partial charge in [0.05, 0.1) is 7.05 Å². The van der Waals surface area contributed by atoms with Gasteiger partial charge in [-0.05, 0) is 55.3 Å². The monoisotopic (exact) mass is 392 g/mol. The van der Waals surface area contributed by atoms with Crippen molar-refractivity contribution in [3.05, 3.63) is 64.9 Å². The van der Waals surface area contributed by atoms with Crippen LogP contribution in [0.1, 0.15) is 12.5 Å². The average molecular weight is 393 g/mol. The molecule has 2 aromatic carbocycles. The van der Waals surface area contributed by atoms with Gasteiger partial charge in [0, 0.05) is 17.3 Å². The first-order valence-corrected chi connectivity index (χ1v) is 9.13. The van der Waals surface area contributed by atoms with Gasteiger partial charge >= 0.3 is 0 Å². The molecular weight excluding hydrogens is 369 g/mol. The summed E-state index contributed by atoms with van der Waals surface area (Å²) in [6.45, 7) is 2.40. The Hall–Kier alpha value is -2.44. The molecule has 2 amide bonds. The Morgan fingerprint density at radius 3 is 2.37 bits per heavy atom. The van der Waals surface area contributed by atoms with Crippen LogP contribution in [0.3, 0.4) is 0 Å². The van der Waals surface area contributed by atoms with Crippen LogP contribution in [-0.4, -0.2) is 38.0 Å². The van der Waals surface area contributed by atoms with Crippen molar-refractivity contribution in [2.75, 3.05) is 25.5 Å². The highest BCUT2D eigenvalue weighted by molar-refractivity contribution is 6.30. The van der Waals surface area contributed by atoms with E-state index >= 15 is 0 Å². The summed E-state index contributed by atoms with van der Waals surface area (Å²) in [5.74, 6) is -0.590. The van der Waals surface area contributed by atoms with Crippen LogP contribution in [0.15, 0.2) is 48.5 Å². The molecule has 0 radical (unpaired) electrons. The van der Waals surface area contributed by atoms with Gasteiger partial charge in [-0.25, -0.2) is 4.39 Å². The van der Waals surface area contributed by atoms with Crippen LogP contribution >= 0.6 is 11.6 Å². The molecule has 0 aliphatic carbocycles. The molecule has 0 bridgehead atoms. The van der Waals surface area contributed by atoms with Crippen LogP contribution in [0.4, 0.5) is 10.1 Å². The van der Waals surface area contributed by atoms with Crippen molar-refractivity contribution >= 4 is 29.1 Å². The van der Waals surface area contributed by atoms with Crippen LogP contribution in [0, 0.1) is 5.82 Å². The van der Waals surface area contributed by atoms with Gasteiger partial charge in [0.2, 0.25) is 0 Å². The maximum absolute atomic E-state index is 12.9. The second-order valence-electron chi connectivity index (χ2n) is 6.47. The lowest BCUT2D eigenvalue weighted by molar-refractivity contribution is -0.885. The highest BCUT2D eigenvalue weighted by Gasteiger charge is 2.23. The van der Waals surface area contributed by atoms with E-state index in [0.717, 1.165) is 10.5 Å². The number of carbonyl (C=O) groups is 2. The van der Waals surface area contributed by atoms with Gasteiger partial charge in [-0.2, -0.15) is 0 Å². The third-order valence-corrected chi connectivity index (χ3v) is 4.58. The van der Waals surface area contributed by atoms with Gasteiger partial charge in [0.25, 0.3) is 11.8 Å². The Labute approximate surface area is 163 Å². The number of hydrogen-bond acceptors (Lipinski definition) is 2. The molecule has 2 aromatic rings. The lowest BCUT2D eigenvalue weighted by atomic mass is 10.1. The molecule has 0 spiro atoms. The summed E-state index contributed by atoms with van der Waals surface area (Å²) in [4.78, 5) is 25.2. The van der Waals surface area contributed by atoms with E-state index in [0.29, 0.717) is 23.7 Å². The van der Waals surface area contributed by atoms with E-state index < -0.39 is 0 Å². The van der Waals surface area contributed by atoms with E-state index in [1.165, 1.54) is 12.1 Å². The van der Waals surface area contributed by atoms with Crippen LogP contribution in [0.5, 0.6) is 0 Å². The number of likely N-dealkylation sites (N-methyl/N-ethyl adjacent to an activating group) is 1. The van der Waals surface area contributed by atoms with E-state index in [2.05, 4.69) is 10.6 Å². The van der Waals surface area contributed by atoms with Crippen molar-refractivity contribution in [3.8, 4) is 0 Å². The minimum atomic E-state index is -0.380. The predicted molar refractivity (Wildman–Crippen MR) is 104 cm³/mol. The zero-order valence-electron chi connectivity index (χ0n) is 15.4. The normalized spacial score (nSPS) is 12.9. The summed E-state index contributed by atoms with van der Waals surface area (Å²) in [5.41, 5.74) is 1.61. The quantitative estimate of drug-likeness (QED) is 0.640. The van der Waals surface area contributed by atoms with Crippen LogP contribution in [0.25, 0.3) is 0 Å². The Balaban J connectivity index is 1.74. The lowest BCUT2D eigenvalue weighted by Crippen LogP contribution is -3.15. The van der Waals surface area contributed by atoms with Crippen molar-refractivity contribution in [2.45, 2.75) is 19.4 Å². The molecule has 0 aliphatic heterocycles. The number of nitrogens with one attached hydrogen (secondary N) is 3. The zero-order chi connectivity index (χ0) is 19.8. The lowest BCUT2D eigenvalue weighted by Gasteiger charge is -2.20. The number of benzene rings is 2. The fourth-order valence-electron chi connectivity index (χ4n) is 2.50. The van der Waals surface area contributed by atoms with Crippen LogP contribution in [0.2, 0.25) is 5.02 Å². The molecule has 7 heteroatoms. The SMILES string of the molecule is C[C@@H](C(=O)NCCc1ccc(F)cc1)[NH+](C)CC(=O)Nc1ccc(Cl)cc1. The van der Waals surface area contributed by atoms with Gasteiger partial charge < -0.3 is 15.5 Å². The number of rotatable bonds is 8. The summed E-state index contributed by atoms with van der Waals surface area (Å²) < 4.78 is 12.9. The average Bonchev–Trinajstić information content (AvgIpc) is 2.64. The number of halogens is 2. The fraction of sp³-hybridized carbons (Fsp3) is 0.300. The number of carbonyl (C=O) groups excluding carboxylic acids is 2. The molecular formula is C20H24ClFN3O2+. The Morgan fingerprint density at radius 2 is 1.74 bits per heavy atom. The molecule has 144 valence electrons. The highest BCUT2D eigenvalue weighted by atomic mass is 35.5. The summed E-state index contributed by atoms with van der Waals surface area (Å²) in [7, 11) is 1.80. The number of hydrogen-bond donors (Lipinski definition) is 3. The number of anilines is 1. The third kappa shape index (κ3) is 7.00.